The molecule has 1 unspecified atom stereocenters. The van der Waals surface area contributed by atoms with Gasteiger partial charge in [-0.3, -0.25) is 4.79 Å². The van der Waals surface area contributed by atoms with Crippen LogP contribution in [-0.2, 0) is 0 Å². The van der Waals surface area contributed by atoms with Crippen LogP contribution in [0.4, 0.5) is 5.69 Å². The maximum absolute atomic E-state index is 11.9. The van der Waals surface area contributed by atoms with E-state index in [0.717, 1.165) is 5.69 Å². The van der Waals surface area contributed by atoms with E-state index in [9.17, 15) is 4.79 Å². The van der Waals surface area contributed by atoms with Crippen LogP contribution in [-0.4, -0.2) is 18.9 Å². The third-order valence-corrected chi connectivity index (χ3v) is 2.64. The van der Waals surface area contributed by atoms with Gasteiger partial charge >= 0.3 is 0 Å². The van der Waals surface area contributed by atoms with E-state index in [-0.39, 0.29) is 11.8 Å². The molecular formula is C13H15NO2. The van der Waals surface area contributed by atoms with Crippen molar-refractivity contribution in [1.29, 1.82) is 0 Å². The molecule has 2 rings (SSSR count). The summed E-state index contributed by atoms with van der Waals surface area (Å²) in [5.41, 5.74) is 1.58. The number of hydrogen-bond donors (Lipinski definition) is 1. The molecule has 0 saturated carbocycles. The fourth-order valence-electron chi connectivity index (χ4n) is 1.79. The quantitative estimate of drug-likeness (QED) is 0.735. The van der Waals surface area contributed by atoms with Crippen LogP contribution in [0.3, 0.4) is 0 Å². The van der Waals surface area contributed by atoms with E-state index < -0.39 is 0 Å². The van der Waals surface area contributed by atoms with Crippen LogP contribution in [0, 0.1) is 0 Å². The number of Topliss-reactive ketones (excluding diaryl/α,β-unsaturated/α-hetero) is 1. The zero-order valence-corrected chi connectivity index (χ0v) is 9.49. The van der Waals surface area contributed by atoms with Crippen LogP contribution in [0.1, 0.15) is 23.7 Å². The third kappa shape index (κ3) is 2.08. The van der Waals surface area contributed by atoms with E-state index >= 15 is 0 Å². The number of hydrogen-bond acceptors (Lipinski definition) is 3. The predicted octanol–water partition coefficient (Wildman–Crippen LogP) is 2.64. The van der Waals surface area contributed by atoms with Crippen molar-refractivity contribution in [3.8, 4) is 5.75 Å². The molecule has 0 bridgehead atoms. The minimum Gasteiger partial charge on any atom is -0.497 e. The Hall–Kier alpha value is -1.77. The maximum Gasteiger partial charge on any atom is 0.168 e. The van der Waals surface area contributed by atoms with Crippen LogP contribution in [0.5, 0.6) is 5.75 Å². The van der Waals surface area contributed by atoms with Gasteiger partial charge in [0.2, 0.25) is 0 Å². The molecule has 0 amide bonds. The van der Waals surface area contributed by atoms with E-state index in [1.165, 1.54) is 0 Å². The summed E-state index contributed by atoms with van der Waals surface area (Å²) in [4.78, 5) is 11.9. The highest BCUT2D eigenvalue weighted by Gasteiger charge is 2.14. The number of ketones is 1. The Balaban J connectivity index is 2.44. The van der Waals surface area contributed by atoms with Crippen molar-refractivity contribution in [2.45, 2.75) is 19.4 Å². The zero-order chi connectivity index (χ0) is 11.5. The molecule has 0 aromatic heterocycles. The Morgan fingerprint density at radius 1 is 1.44 bits per heavy atom. The summed E-state index contributed by atoms with van der Waals surface area (Å²) in [5, 5.41) is 3.28. The van der Waals surface area contributed by atoms with Gasteiger partial charge in [-0.25, -0.2) is 0 Å². The summed E-state index contributed by atoms with van der Waals surface area (Å²) < 4.78 is 5.13. The minimum atomic E-state index is 0.115. The SMILES string of the molecule is COc1ccc2c(c1)C(=O)C/C=C\C(C)N2. The summed E-state index contributed by atoms with van der Waals surface area (Å²) in [6, 6.07) is 5.77. The van der Waals surface area contributed by atoms with E-state index in [2.05, 4.69) is 12.2 Å². The molecule has 1 aliphatic rings. The Labute approximate surface area is 95.1 Å². The first-order chi connectivity index (χ1) is 7.70. The average Bonchev–Trinajstić information content (AvgIpc) is 2.27. The van der Waals surface area contributed by atoms with Gasteiger partial charge in [-0.15, -0.1) is 0 Å². The summed E-state index contributed by atoms with van der Waals surface area (Å²) in [5.74, 6) is 0.829. The summed E-state index contributed by atoms with van der Waals surface area (Å²) in [6.45, 7) is 2.06. The second-order valence-electron chi connectivity index (χ2n) is 3.90. The van der Waals surface area contributed by atoms with Gasteiger partial charge in [0.25, 0.3) is 0 Å². The molecule has 0 aliphatic carbocycles. The molecule has 1 aliphatic heterocycles. The number of rotatable bonds is 1. The van der Waals surface area contributed by atoms with Gasteiger partial charge < -0.3 is 10.1 Å². The Morgan fingerprint density at radius 3 is 3.00 bits per heavy atom. The van der Waals surface area contributed by atoms with Gasteiger partial charge in [-0.2, -0.15) is 0 Å². The van der Waals surface area contributed by atoms with Crippen LogP contribution < -0.4 is 10.1 Å². The maximum atomic E-state index is 11.9. The largest absolute Gasteiger partial charge is 0.497 e. The summed E-state index contributed by atoms with van der Waals surface area (Å²) in [6.07, 6.45) is 4.36. The predicted molar refractivity (Wildman–Crippen MR) is 64.2 cm³/mol. The summed E-state index contributed by atoms with van der Waals surface area (Å²) >= 11 is 0. The first-order valence-corrected chi connectivity index (χ1v) is 5.35. The number of carbonyl (C=O) groups excluding carboxylic acids is 1. The lowest BCUT2D eigenvalue weighted by molar-refractivity contribution is 0.0996. The van der Waals surface area contributed by atoms with Crippen molar-refractivity contribution in [2.75, 3.05) is 12.4 Å². The van der Waals surface area contributed by atoms with Crippen molar-refractivity contribution in [3.05, 3.63) is 35.9 Å². The summed E-state index contributed by atoms with van der Waals surface area (Å²) in [7, 11) is 1.60. The van der Waals surface area contributed by atoms with Gasteiger partial charge in [0, 0.05) is 23.7 Å². The molecule has 1 aromatic carbocycles. The average molecular weight is 217 g/mol. The molecule has 1 atom stereocenters. The number of benzene rings is 1. The zero-order valence-electron chi connectivity index (χ0n) is 9.49. The molecule has 84 valence electrons. The Morgan fingerprint density at radius 2 is 2.25 bits per heavy atom. The number of allylic oxidation sites excluding steroid dienone is 1. The lowest BCUT2D eigenvalue weighted by atomic mass is 10.0. The molecule has 16 heavy (non-hydrogen) atoms. The van der Waals surface area contributed by atoms with Gasteiger partial charge in [0.15, 0.2) is 5.78 Å². The van der Waals surface area contributed by atoms with Crippen LogP contribution in [0.2, 0.25) is 0 Å². The number of carbonyl (C=O) groups is 1. The second-order valence-corrected chi connectivity index (χ2v) is 3.90. The number of anilines is 1. The molecule has 0 spiro atoms. The van der Waals surface area contributed by atoms with Crippen molar-refractivity contribution in [2.24, 2.45) is 0 Å². The smallest absolute Gasteiger partial charge is 0.168 e. The molecule has 3 nitrogen and oxygen atoms in total. The fraction of sp³-hybridized carbons (Fsp3) is 0.308. The topological polar surface area (TPSA) is 38.3 Å². The molecular weight excluding hydrogens is 202 g/mol. The molecule has 0 fully saturated rings. The van der Waals surface area contributed by atoms with E-state index in [4.69, 9.17) is 4.74 Å². The number of fused-ring (bicyclic) bond motifs is 1. The highest BCUT2D eigenvalue weighted by Crippen LogP contribution is 2.25. The number of methoxy groups -OCH3 is 1. The molecule has 3 heteroatoms. The van der Waals surface area contributed by atoms with Crippen molar-refractivity contribution >= 4 is 11.5 Å². The van der Waals surface area contributed by atoms with E-state index in [0.29, 0.717) is 17.7 Å². The Kier molecular flexibility index (Phi) is 2.95. The molecule has 0 saturated heterocycles. The van der Waals surface area contributed by atoms with E-state index in [1.807, 2.05) is 24.3 Å². The number of ether oxygens (including phenoxy) is 1. The molecule has 1 aromatic rings. The van der Waals surface area contributed by atoms with Crippen molar-refractivity contribution < 1.29 is 9.53 Å². The second kappa shape index (κ2) is 4.39. The molecule has 1 N–H and O–H groups in total. The fourth-order valence-corrected chi connectivity index (χ4v) is 1.79. The monoisotopic (exact) mass is 217 g/mol. The van der Waals surface area contributed by atoms with Crippen molar-refractivity contribution in [1.82, 2.24) is 0 Å². The normalized spacial score (nSPS) is 21.4. The van der Waals surface area contributed by atoms with Gasteiger partial charge in [-0.1, -0.05) is 12.2 Å². The minimum absolute atomic E-state index is 0.115. The first kappa shape index (κ1) is 10.7. The van der Waals surface area contributed by atoms with Gasteiger partial charge in [0.05, 0.1) is 7.11 Å². The van der Waals surface area contributed by atoms with Crippen LogP contribution in [0.15, 0.2) is 30.4 Å². The van der Waals surface area contributed by atoms with Crippen molar-refractivity contribution in [3.63, 3.8) is 0 Å². The highest BCUT2D eigenvalue weighted by molar-refractivity contribution is 6.02. The highest BCUT2D eigenvalue weighted by atomic mass is 16.5. The van der Waals surface area contributed by atoms with E-state index in [1.54, 1.807) is 13.2 Å². The van der Waals surface area contributed by atoms with Gasteiger partial charge in [-0.05, 0) is 25.1 Å². The van der Waals surface area contributed by atoms with Crippen LogP contribution >= 0.6 is 0 Å². The first-order valence-electron chi connectivity index (χ1n) is 5.35. The lowest BCUT2D eigenvalue weighted by Crippen LogP contribution is -2.17. The number of nitrogens with one attached hydrogen (secondary N) is 1. The Bertz CT molecular complexity index is 438. The van der Waals surface area contributed by atoms with Gasteiger partial charge in [0.1, 0.15) is 5.75 Å². The molecule has 0 radical (unpaired) electrons. The molecule has 1 heterocycles. The third-order valence-electron chi connectivity index (χ3n) is 2.64. The lowest BCUT2D eigenvalue weighted by Gasteiger charge is -2.17. The standard InChI is InChI=1S/C13H15NO2/c1-9-4-3-5-13(15)11-8-10(16-2)6-7-12(11)14-9/h3-4,6-9,14H,5H2,1-2H3/b4-3-. The van der Waals surface area contributed by atoms with Crippen LogP contribution in [0.25, 0.3) is 0 Å².